The van der Waals surface area contributed by atoms with E-state index in [0.717, 1.165) is 11.4 Å². The fourth-order valence-corrected chi connectivity index (χ4v) is 0.918. The number of hydrogen-bond donors (Lipinski definition) is 0. The molecule has 0 aromatic rings. The van der Waals surface area contributed by atoms with Crippen LogP contribution in [-0.4, -0.2) is 24.4 Å². The van der Waals surface area contributed by atoms with Gasteiger partial charge in [-0.2, -0.15) is 0 Å². The second-order valence-electron chi connectivity index (χ2n) is 2.32. The van der Waals surface area contributed by atoms with E-state index in [9.17, 15) is 0 Å². The van der Waals surface area contributed by atoms with Crippen molar-refractivity contribution >= 4 is 12.4 Å². The van der Waals surface area contributed by atoms with Gasteiger partial charge < -0.3 is 4.90 Å². The highest BCUT2D eigenvalue weighted by Gasteiger charge is 2.07. The fourth-order valence-electron chi connectivity index (χ4n) is 0.918. The van der Waals surface area contributed by atoms with E-state index < -0.39 is 0 Å². The van der Waals surface area contributed by atoms with E-state index in [1.54, 1.807) is 12.4 Å². The molecular weight excluding hydrogens is 138 g/mol. The van der Waals surface area contributed by atoms with E-state index in [1.807, 2.05) is 25.1 Å². The molecule has 11 heavy (non-hydrogen) atoms. The van der Waals surface area contributed by atoms with Crippen LogP contribution in [0.5, 0.6) is 0 Å². The fraction of sp³-hybridized carbons (Fsp3) is 0.250. The number of nitrogens with zero attached hydrogens (tertiary/aromatic N) is 3. The minimum absolute atomic E-state index is 0.961. The van der Waals surface area contributed by atoms with Gasteiger partial charge in [0.25, 0.3) is 0 Å². The van der Waals surface area contributed by atoms with Gasteiger partial charge in [0, 0.05) is 19.4 Å². The topological polar surface area (TPSA) is 28.0 Å². The third-order valence-corrected chi connectivity index (χ3v) is 1.52. The van der Waals surface area contributed by atoms with Crippen molar-refractivity contribution in [3.05, 3.63) is 24.3 Å². The Morgan fingerprint density at radius 2 is 2.45 bits per heavy atom. The van der Waals surface area contributed by atoms with E-state index in [0.29, 0.717) is 0 Å². The summed E-state index contributed by atoms with van der Waals surface area (Å²) in [5.41, 5.74) is 1.95. The highest BCUT2D eigenvalue weighted by Crippen LogP contribution is 2.09. The van der Waals surface area contributed by atoms with Gasteiger partial charge in [-0.15, -0.1) is 0 Å². The van der Waals surface area contributed by atoms with Gasteiger partial charge in [0.15, 0.2) is 0 Å². The molecule has 0 saturated heterocycles. The van der Waals surface area contributed by atoms with Crippen LogP contribution in [0.4, 0.5) is 0 Å². The molecule has 1 aliphatic rings. The Balaban J connectivity index is 2.95. The number of hydrogen-bond acceptors (Lipinski definition) is 3. The van der Waals surface area contributed by atoms with Crippen molar-refractivity contribution in [2.45, 2.75) is 6.92 Å². The molecule has 0 aliphatic carbocycles. The zero-order chi connectivity index (χ0) is 8.27. The van der Waals surface area contributed by atoms with Crippen molar-refractivity contribution in [2.75, 3.05) is 7.05 Å². The van der Waals surface area contributed by atoms with Crippen molar-refractivity contribution in [3.63, 3.8) is 0 Å². The Hall–Kier alpha value is -1.38. The Bertz CT molecular complexity index is 248. The Morgan fingerprint density at radius 1 is 1.73 bits per heavy atom. The lowest BCUT2D eigenvalue weighted by molar-refractivity contribution is 0.588. The van der Waals surface area contributed by atoms with Crippen molar-refractivity contribution in [2.24, 2.45) is 9.98 Å². The summed E-state index contributed by atoms with van der Waals surface area (Å²) >= 11 is 0. The third-order valence-electron chi connectivity index (χ3n) is 1.52. The molecule has 3 heteroatoms. The molecule has 0 unspecified atom stereocenters. The average Bonchev–Trinajstić information content (AvgIpc) is 1.97. The van der Waals surface area contributed by atoms with Gasteiger partial charge in [0.1, 0.15) is 0 Å². The first-order valence-corrected chi connectivity index (χ1v) is 3.36. The van der Waals surface area contributed by atoms with E-state index in [1.165, 1.54) is 0 Å². The van der Waals surface area contributed by atoms with Gasteiger partial charge in [0.05, 0.1) is 17.6 Å². The highest BCUT2D eigenvalue weighted by molar-refractivity contribution is 5.98. The maximum atomic E-state index is 4.12. The van der Waals surface area contributed by atoms with Gasteiger partial charge in [-0.3, -0.25) is 9.98 Å². The maximum absolute atomic E-state index is 4.12. The van der Waals surface area contributed by atoms with Crippen molar-refractivity contribution in [3.8, 4) is 0 Å². The van der Waals surface area contributed by atoms with Gasteiger partial charge in [0.2, 0.25) is 0 Å². The molecule has 58 valence electrons. The first kappa shape index (κ1) is 7.72. The van der Waals surface area contributed by atoms with Crippen LogP contribution in [-0.2, 0) is 0 Å². The summed E-state index contributed by atoms with van der Waals surface area (Å²) in [4.78, 5) is 9.77. The summed E-state index contributed by atoms with van der Waals surface area (Å²) in [6.45, 7) is 5.33. The van der Waals surface area contributed by atoms with Crippen LogP contribution in [0.2, 0.25) is 0 Å². The van der Waals surface area contributed by atoms with E-state index >= 15 is 0 Å². The summed E-state index contributed by atoms with van der Waals surface area (Å²) in [6, 6.07) is 0. The zero-order valence-electron chi connectivity index (χ0n) is 6.78. The van der Waals surface area contributed by atoms with Gasteiger partial charge >= 0.3 is 0 Å². The SMILES string of the molecule is C=N/C=C1/C(C)=NC=CN1C. The number of rotatable bonds is 1. The lowest BCUT2D eigenvalue weighted by Crippen LogP contribution is -2.18. The lowest BCUT2D eigenvalue weighted by Gasteiger charge is -2.19. The van der Waals surface area contributed by atoms with Gasteiger partial charge in [-0.05, 0) is 13.6 Å². The van der Waals surface area contributed by atoms with Crippen LogP contribution in [0.3, 0.4) is 0 Å². The molecule has 3 nitrogen and oxygen atoms in total. The van der Waals surface area contributed by atoms with Crippen LogP contribution in [0.25, 0.3) is 0 Å². The van der Waals surface area contributed by atoms with Crippen molar-refractivity contribution < 1.29 is 0 Å². The monoisotopic (exact) mass is 149 g/mol. The Morgan fingerprint density at radius 3 is 3.00 bits per heavy atom. The predicted molar refractivity (Wildman–Crippen MR) is 47.6 cm³/mol. The van der Waals surface area contributed by atoms with Gasteiger partial charge in [-0.1, -0.05) is 0 Å². The molecule has 0 amide bonds. The molecular formula is C8H11N3. The summed E-state index contributed by atoms with van der Waals surface area (Å²) in [6.07, 6.45) is 5.34. The largest absolute Gasteiger partial charge is 0.347 e. The second-order valence-corrected chi connectivity index (χ2v) is 2.32. The molecule has 0 radical (unpaired) electrons. The molecule has 1 aliphatic heterocycles. The summed E-state index contributed by atoms with van der Waals surface area (Å²) in [5.74, 6) is 0. The van der Waals surface area contributed by atoms with E-state index in [4.69, 9.17) is 0 Å². The maximum Gasteiger partial charge on any atom is 0.0805 e. The minimum atomic E-state index is 0.961. The first-order valence-electron chi connectivity index (χ1n) is 3.36. The second kappa shape index (κ2) is 3.14. The molecule has 0 aromatic heterocycles. The van der Waals surface area contributed by atoms with E-state index in [2.05, 4.69) is 16.7 Å². The standard InChI is InChI=1S/C8H11N3/c1-7-8(6-9-2)11(3)5-4-10-7/h4-6H,2H2,1,3H3/b8-6-. The molecule has 0 atom stereocenters. The molecule has 0 fully saturated rings. The molecule has 0 saturated carbocycles. The normalized spacial score (nSPS) is 20.4. The van der Waals surface area contributed by atoms with Crippen molar-refractivity contribution in [1.82, 2.24) is 4.90 Å². The number of allylic oxidation sites excluding steroid dienone is 1. The minimum Gasteiger partial charge on any atom is -0.347 e. The van der Waals surface area contributed by atoms with Crippen LogP contribution in [0.1, 0.15) is 6.92 Å². The zero-order valence-corrected chi connectivity index (χ0v) is 6.78. The van der Waals surface area contributed by atoms with Crippen LogP contribution in [0, 0.1) is 0 Å². The Kier molecular flexibility index (Phi) is 2.21. The molecule has 0 aromatic carbocycles. The van der Waals surface area contributed by atoms with Gasteiger partial charge in [-0.25, -0.2) is 0 Å². The van der Waals surface area contributed by atoms with Crippen LogP contribution >= 0.6 is 0 Å². The molecule has 0 bridgehead atoms. The molecule has 1 heterocycles. The average molecular weight is 149 g/mol. The smallest absolute Gasteiger partial charge is 0.0805 e. The number of aliphatic imine (C=N–C) groups is 2. The summed E-state index contributed by atoms with van der Waals surface area (Å²) in [5, 5.41) is 0. The summed E-state index contributed by atoms with van der Waals surface area (Å²) in [7, 11) is 1.95. The van der Waals surface area contributed by atoms with E-state index in [-0.39, 0.29) is 0 Å². The van der Waals surface area contributed by atoms with Crippen LogP contribution < -0.4 is 0 Å². The quantitative estimate of drug-likeness (QED) is 0.518. The lowest BCUT2D eigenvalue weighted by atomic mass is 10.3. The molecule has 0 spiro atoms. The van der Waals surface area contributed by atoms with Crippen molar-refractivity contribution in [1.29, 1.82) is 0 Å². The molecule has 0 N–H and O–H groups in total. The predicted octanol–water partition coefficient (Wildman–Crippen LogP) is 1.41. The highest BCUT2D eigenvalue weighted by atomic mass is 15.1. The third kappa shape index (κ3) is 1.55. The Labute approximate surface area is 66.5 Å². The molecule has 1 rings (SSSR count). The summed E-state index contributed by atoms with van der Waals surface area (Å²) < 4.78 is 0. The van der Waals surface area contributed by atoms with Crippen LogP contribution in [0.15, 0.2) is 34.3 Å². The first-order chi connectivity index (χ1) is 5.25.